The summed E-state index contributed by atoms with van der Waals surface area (Å²) in [5.41, 5.74) is -1.79. The molecule has 0 aliphatic carbocycles. The van der Waals surface area contributed by atoms with Crippen molar-refractivity contribution in [3.8, 4) is 0 Å². The molecule has 7 heteroatoms. The molecule has 1 aliphatic heterocycles. The Morgan fingerprint density at radius 1 is 1.42 bits per heavy atom. The Balaban J connectivity index is 2.68. The molecule has 0 saturated carbocycles. The van der Waals surface area contributed by atoms with E-state index in [2.05, 4.69) is 0 Å². The number of amides is 1. The summed E-state index contributed by atoms with van der Waals surface area (Å²) in [5, 5.41) is 0. The zero-order valence-electron chi connectivity index (χ0n) is 11.7. The molecule has 1 aliphatic rings. The summed E-state index contributed by atoms with van der Waals surface area (Å²) in [6.07, 6.45) is -0.472. The van der Waals surface area contributed by atoms with Crippen molar-refractivity contribution < 1.29 is 23.8 Å². The van der Waals surface area contributed by atoms with Crippen molar-refractivity contribution in [2.75, 3.05) is 25.8 Å². The summed E-state index contributed by atoms with van der Waals surface area (Å²) in [6, 6.07) is -0.246. The summed E-state index contributed by atoms with van der Waals surface area (Å²) < 4.78 is 15.4. The van der Waals surface area contributed by atoms with E-state index < -0.39 is 23.3 Å². The Morgan fingerprint density at radius 2 is 2.05 bits per heavy atom. The Kier molecular flexibility index (Phi) is 5.04. The molecule has 0 aromatic heterocycles. The van der Waals surface area contributed by atoms with Crippen LogP contribution in [0, 0.1) is 0 Å². The van der Waals surface area contributed by atoms with E-state index in [1.165, 1.54) is 4.90 Å². The van der Waals surface area contributed by atoms with Crippen molar-refractivity contribution in [2.24, 2.45) is 0 Å². The highest BCUT2D eigenvalue weighted by Crippen LogP contribution is 2.21. The molecule has 1 saturated heterocycles. The Bertz CT molecular complexity index is 355. The molecule has 0 aromatic carbocycles. The number of ether oxygens (including phenoxy) is 3. The Hall–Kier alpha value is -1.01. The normalized spacial score (nSPS) is 23.9. The van der Waals surface area contributed by atoms with Crippen LogP contribution in [0.5, 0.6) is 0 Å². The van der Waals surface area contributed by atoms with E-state index in [1.54, 1.807) is 27.7 Å². The van der Waals surface area contributed by atoms with E-state index in [0.29, 0.717) is 6.54 Å². The number of nitrogens with zero attached hydrogens (tertiary/aromatic N) is 1. The van der Waals surface area contributed by atoms with Gasteiger partial charge in [-0.05, 0) is 27.7 Å². The minimum atomic E-state index is -1.20. The van der Waals surface area contributed by atoms with Crippen LogP contribution in [0.3, 0.4) is 0 Å². The highest BCUT2D eigenvalue weighted by Gasteiger charge is 2.43. The van der Waals surface area contributed by atoms with Gasteiger partial charge in [-0.3, -0.25) is 0 Å². The molecule has 0 aromatic rings. The highest BCUT2D eigenvalue weighted by atomic mass is 35.5. The van der Waals surface area contributed by atoms with Crippen LogP contribution in [0.25, 0.3) is 0 Å². The van der Waals surface area contributed by atoms with Gasteiger partial charge in [0.05, 0.1) is 13.2 Å². The van der Waals surface area contributed by atoms with E-state index in [4.69, 9.17) is 25.8 Å². The van der Waals surface area contributed by atoms with Crippen molar-refractivity contribution in [1.29, 1.82) is 0 Å². The van der Waals surface area contributed by atoms with E-state index in [-0.39, 0.29) is 19.2 Å². The lowest BCUT2D eigenvalue weighted by molar-refractivity contribution is -0.177. The minimum absolute atomic E-state index is 0.0810. The van der Waals surface area contributed by atoms with Crippen LogP contribution in [0.15, 0.2) is 0 Å². The largest absolute Gasteiger partial charge is 0.447 e. The number of carbonyl (C=O) groups is 2. The number of carbonyl (C=O) groups excluding carboxylic acids is 2. The van der Waals surface area contributed by atoms with Gasteiger partial charge < -0.3 is 19.1 Å². The molecule has 1 atom stereocenters. The number of esters is 1. The van der Waals surface area contributed by atoms with Crippen molar-refractivity contribution in [1.82, 2.24) is 4.90 Å². The molecule has 19 heavy (non-hydrogen) atoms. The predicted molar refractivity (Wildman–Crippen MR) is 69.0 cm³/mol. The minimum Gasteiger partial charge on any atom is -0.447 e. The molecule has 6 nitrogen and oxygen atoms in total. The van der Waals surface area contributed by atoms with Gasteiger partial charge in [0.25, 0.3) is 0 Å². The standard InChI is InChI=1S/C12H20ClNO5/c1-11(2,3)19-10(16)14-5-6-18-12(4,7-14)9(15)17-8-13/h5-8H2,1-4H3. The maximum Gasteiger partial charge on any atom is 0.410 e. The average molecular weight is 294 g/mol. The Morgan fingerprint density at radius 3 is 2.58 bits per heavy atom. The smallest absolute Gasteiger partial charge is 0.410 e. The van der Waals surface area contributed by atoms with Crippen LogP contribution in [0.2, 0.25) is 0 Å². The average Bonchev–Trinajstić information content (AvgIpc) is 2.27. The van der Waals surface area contributed by atoms with Gasteiger partial charge in [-0.2, -0.15) is 0 Å². The molecular formula is C12H20ClNO5. The molecule has 1 fully saturated rings. The number of hydrogen-bond donors (Lipinski definition) is 0. The van der Waals surface area contributed by atoms with Gasteiger partial charge in [-0.25, -0.2) is 9.59 Å². The van der Waals surface area contributed by atoms with E-state index in [9.17, 15) is 9.59 Å². The third-order valence-corrected chi connectivity index (χ3v) is 2.65. The van der Waals surface area contributed by atoms with E-state index in [1.807, 2.05) is 0 Å². The number of alkyl halides is 1. The zero-order chi connectivity index (χ0) is 14.7. The van der Waals surface area contributed by atoms with Crippen molar-refractivity contribution in [2.45, 2.75) is 38.9 Å². The summed E-state index contributed by atoms with van der Waals surface area (Å²) >= 11 is 5.36. The molecule has 0 N–H and O–H groups in total. The molecular weight excluding hydrogens is 274 g/mol. The van der Waals surface area contributed by atoms with Crippen LogP contribution in [-0.4, -0.2) is 53.9 Å². The lowest BCUT2D eigenvalue weighted by Crippen LogP contribution is -2.57. The van der Waals surface area contributed by atoms with Crippen LogP contribution in [-0.2, 0) is 19.0 Å². The molecule has 0 bridgehead atoms. The molecule has 110 valence electrons. The summed E-state index contributed by atoms with van der Waals surface area (Å²) in [5.74, 6) is -0.587. The van der Waals surface area contributed by atoms with Crippen molar-refractivity contribution >= 4 is 23.7 Å². The van der Waals surface area contributed by atoms with Gasteiger partial charge in [0.2, 0.25) is 0 Å². The topological polar surface area (TPSA) is 65.1 Å². The third kappa shape index (κ3) is 4.54. The predicted octanol–water partition coefficient (Wildman–Crippen LogP) is 1.75. The number of morpholine rings is 1. The molecule has 1 rings (SSSR count). The number of hydrogen-bond acceptors (Lipinski definition) is 5. The second kappa shape index (κ2) is 5.96. The first-order valence-electron chi connectivity index (χ1n) is 6.03. The first-order chi connectivity index (χ1) is 8.68. The molecule has 1 unspecified atom stereocenters. The second-order valence-electron chi connectivity index (χ2n) is 5.52. The van der Waals surface area contributed by atoms with Gasteiger partial charge in [-0.15, -0.1) is 0 Å². The van der Waals surface area contributed by atoms with Crippen LogP contribution in [0.1, 0.15) is 27.7 Å². The van der Waals surface area contributed by atoms with Gasteiger partial charge in [0, 0.05) is 6.54 Å². The number of halogens is 1. The molecule has 1 heterocycles. The quantitative estimate of drug-likeness (QED) is 0.573. The summed E-state index contributed by atoms with van der Waals surface area (Å²) in [4.78, 5) is 25.1. The monoisotopic (exact) mass is 293 g/mol. The fourth-order valence-electron chi connectivity index (χ4n) is 1.68. The first kappa shape index (κ1) is 16.0. The zero-order valence-corrected chi connectivity index (χ0v) is 12.5. The third-order valence-electron chi connectivity index (χ3n) is 2.54. The summed E-state index contributed by atoms with van der Waals surface area (Å²) in [6.45, 7) is 7.62. The Labute approximate surface area is 117 Å². The number of rotatable bonds is 2. The van der Waals surface area contributed by atoms with Crippen molar-refractivity contribution in [3.63, 3.8) is 0 Å². The lowest BCUT2D eigenvalue weighted by Gasteiger charge is -2.38. The fourth-order valence-corrected chi connectivity index (χ4v) is 1.78. The summed E-state index contributed by atoms with van der Waals surface area (Å²) in [7, 11) is 0. The van der Waals surface area contributed by atoms with Crippen LogP contribution >= 0.6 is 11.6 Å². The van der Waals surface area contributed by atoms with Gasteiger partial charge in [0.15, 0.2) is 11.7 Å². The van der Waals surface area contributed by atoms with Gasteiger partial charge in [0.1, 0.15) is 5.60 Å². The fraction of sp³-hybridized carbons (Fsp3) is 0.833. The van der Waals surface area contributed by atoms with E-state index in [0.717, 1.165) is 0 Å². The lowest BCUT2D eigenvalue weighted by atomic mass is 10.1. The molecule has 0 spiro atoms. The SMILES string of the molecule is CC(C)(C)OC(=O)N1CCOC(C)(C(=O)OCCl)C1. The first-order valence-corrected chi connectivity index (χ1v) is 6.56. The van der Waals surface area contributed by atoms with Gasteiger partial charge >= 0.3 is 12.1 Å². The van der Waals surface area contributed by atoms with E-state index >= 15 is 0 Å². The van der Waals surface area contributed by atoms with Crippen LogP contribution in [0.4, 0.5) is 4.79 Å². The second-order valence-corrected chi connectivity index (χ2v) is 5.74. The molecule has 1 amide bonds. The van der Waals surface area contributed by atoms with Gasteiger partial charge in [-0.1, -0.05) is 11.6 Å². The van der Waals surface area contributed by atoms with Crippen molar-refractivity contribution in [3.05, 3.63) is 0 Å². The maximum atomic E-state index is 12.0. The molecule has 0 radical (unpaired) electrons. The highest BCUT2D eigenvalue weighted by molar-refractivity contribution is 6.17. The maximum absolute atomic E-state index is 12.0. The van der Waals surface area contributed by atoms with Crippen LogP contribution < -0.4 is 0 Å².